The molecule has 1 aliphatic heterocycles. The number of hydrogen-bond acceptors (Lipinski definition) is 3. The first-order valence-corrected chi connectivity index (χ1v) is 5.93. The monoisotopic (exact) mass is 239 g/mol. The molecule has 0 aliphatic carbocycles. The van der Waals surface area contributed by atoms with Crippen molar-refractivity contribution in [2.45, 2.75) is 18.9 Å². The molecule has 1 N–H and O–H groups in total. The molecule has 1 aromatic rings. The predicted octanol–water partition coefficient (Wildman–Crippen LogP) is 1.44. The minimum atomic E-state index is -0.207. The van der Waals surface area contributed by atoms with Crippen molar-refractivity contribution in [3.05, 3.63) is 29.6 Å². The maximum atomic E-state index is 13.0. The molecule has 0 amide bonds. The molecule has 94 valence electrons. The highest BCUT2D eigenvalue weighted by Gasteiger charge is 2.24. The Kier molecular flexibility index (Phi) is 3.97. The van der Waals surface area contributed by atoms with Crippen LogP contribution in [0.2, 0.25) is 0 Å². The second kappa shape index (κ2) is 5.47. The van der Waals surface area contributed by atoms with E-state index in [1.807, 2.05) is 7.05 Å². The molecule has 0 saturated heterocycles. The lowest BCUT2D eigenvalue weighted by molar-refractivity contribution is 0.160. The average Bonchev–Trinajstić information content (AvgIpc) is 2.67. The number of aliphatic hydroxyl groups excluding tert-OH is 1. The Morgan fingerprint density at radius 3 is 3.12 bits per heavy atom. The largest absolute Gasteiger partial charge is 0.488 e. The number of likely N-dealkylation sites (N-methyl/N-ethyl adjacent to an activating group) is 1. The van der Waals surface area contributed by atoms with Crippen molar-refractivity contribution in [2.24, 2.45) is 0 Å². The average molecular weight is 239 g/mol. The maximum Gasteiger partial charge on any atom is 0.123 e. The molecule has 0 radical (unpaired) electrons. The van der Waals surface area contributed by atoms with Crippen molar-refractivity contribution in [1.29, 1.82) is 0 Å². The van der Waals surface area contributed by atoms with Crippen molar-refractivity contribution < 1.29 is 14.2 Å². The van der Waals surface area contributed by atoms with Crippen molar-refractivity contribution in [2.75, 3.05) is 26.7 Å². The van der Waals surface area contributed by atoms with Gasteiger partial charge < -0.3 is 14.7 Å². The molecule has 0 spiro atoms. The predicted molar refractivity (Wildman–Crippen MR) is 63.7 cm³/mol. The standard InChI is InChI=1S/C13H18FNO2/c1-15(5-2-6-16)9-12-8-10-7-11(14)3-4-13(10)17-12/h3-4,7,12,16H,2,5-6,8-9H2,1H3. The zero-order valence-electron chi connectivity index (χ0n) is 10.0. The van der Waals surface area contributed by atoms with Crippen molar-refractivity contribution in [3.8, 4) is 5.75 Å². The van der Waals surface area contributed by atoms with Gasteiger partial charge in [-0.05, 0) is 31.7 Å². The molecule has 4 heteroatoms. The van der Waals surface area contributed by atoms with E-state index in [-0.39, 0.29) is 18.5 Å². The molecule has 0 bridgehead atoms. The van der Waals surface area contributed by atoms with E-state index >= 15 is 0 Å². The fourth-order valence-corrected chi connectivity index (χ4v) is 2.17. The summed E-state index contributed by atoms with van der Waals surface area (Å²) >= 11 is 0. The van der Waals surface area contributed by atoms with E-state index in [0.717, 1.165) is 37.2 Å². The summed E-state index contributed by atoms with van der Waals surface area (Å²) in [6.07, 6.45) is 1.62. The third-order valence-electron chi connectivity index (χ3n) is 2.98. The summed E-state index contributed by atoms with van der Waals surface area (Å²) in [5.41, 5.74) is 0.950. The Hall–Kier alpha value is -1.13. The first-order valence-electron chi connectivity index (χ1n) is 5.93. The van der Waals surface area contributed by atoms with Gasteiger partial charge in [-0.25, -0.2) is 4.39 Å². The first-order chi connectivity index (χ1) is 8.19. The highest BCUT2D eigenvalue weighted by molar-refractivity contribution is 5.37. The molecule has 1 heterocycles. The van der Waals surface area contributed by atoms with Gasteiger partial charge in [0.05, 0.1) is 0 Å². The van der Waals surface area contributed by atoms with E-state index < -0.39 is 0 Å². The van der Waals surface area contributed by atoms with E-state index in [1.165, 1.54) is 6.07 Å². The molecule has 1 atom stereocenters. The zero-order valence-corrected chi connectivity index (χ0v) is 10.0. The number of halogens is 1. The summed E-state index contributed by atoms with van der Waals surface area (Å²) in [6.45, 7) is 1.86. The number of fused-ring (bicyclic) bond motifs is 1. The highest BCUT2D eigenvalue weighted by Crippen LogP contribution is 2.29. The van der Waals surface area contributed by atoms with Gasteiger partial charge in [0, 0.05) is 31.7 Å². The van der Waals surface area contributed by atoms with E-state index in [4.69, 9.17) is 9.84 Å². The smallest absolute Gasteiger partial charge is 0.123 e. The topological polar surface area (TPSA) is 32.7 Å². The fraction of sp³-hybridized carbons (Fsp3) is 0.538. The van der Waals surface area contributed by atoms with Crippen LogP contribution >= 0.6 is 0 Å². The SMILES string of the molecule is CN(CCCO)CC1Cc2cc(F)ccc2O1. The van der Waals surface area contributed by atoms with Crippen LogP contribution in [0.15, 0.2) is 18.2 Å². The molecular formula is C13H18FNO2. The van der Waals surface area contributed by atoms with Gasteiger partial charge in [0.25, 0.3) is 0 Å². The summed E-state index contributed by atoms with van der Waals surface area (Å²) in [4.78, 5) is 2.13. The molecule has 2 rings (SSSR count). The van der Waals surface area contributed by atoms with Gasteiger partial charge in [-0.2, -0.15) is 0 Å². The Labute approximate surface area is 101 Å². The van der Waals surface area contributed by atoms with Gasteiger partial charge in [-0.1, -0.05) is 0 Å². The summed E-state index contributed by atoms with van der Waals surface area (Å²) in [5.74, 6) is 0.591. The van der Waals surface area contributed by atoms with E-state index in [0.29, 0.717) is 0 Å². The maximum absolute atomic E-state index is 13.0. The van der Waals surface area contributed by atoms with Crippen molar-refractivity contribution in [1.82, 2.24) is 4.90 Å². The van der Waals surface area contributed by atoms with Crippen LogP contribution < -0.4 is 4.74 Å². The van der Waals surface area contributed by atoms with Crippen LogP contribution in [0.5, 0.6) is 5.75 Å². The van der Waals surface area contributed by atoms with E-state index in [2.05, 4.69) is 4.90 Å². The number of rotatable bonds is 5. The number of ether oxygens (including phenoxy) is 1. The third kappa shape index (κ3) is 3.17. The van der Waals surface area contributed by atoms with Crippen molar-refractivity contribution >= 4 is 0 Å². The molecular weight excluding hydrogens is 221 g/mol. The van der Waals surface area contributed by atoms with Crippen LogP contribution in [0.3, 0.4) is 0 Å². The lowest BCUT2D eigenvalue weighted by atomic mass is 10.1. The number of aliphatic hydroxyl groups is 1. The van der Waals surface area contributed by atoms with E-state index in [9.17, 15) is 4.39 Å². The number of hydrogen-bond donors (Lipinski definition) is 1. The third-order valence-corrected chi connectivity index (χ3v) is 2.98. The Bertz CT molecular complexity index is 384. The van der Waals surface area contributed by atoms with Gasteiger partial charge >= 0.3 is 0 Å². The fourth-order valence-electron chi connectivity index (χ4n) is 2.17. The van der Waals surface area contributed by atoms with Gasteiger partial charge in [-0.3, -0.25) is 0 Å². The van der Waals surface area contributed by atoms with E-state index in [1.54, 1.807) is 12.1 Å². The highest BCUT2D eigenvalue weighted by atomic mass is 19.1. The molecule has 0 saturated carbocycles. The minimum absolute atomic E-state index is 0.0930. The van der Waals surface area contributed by atoms with Crippen LogP contribution in [-0.2, 0) is 6.42 Å². The van der Waals surface area contributed by atoms with Crippen LogP contribution in [0.4, 0.5) is 4.39 Å². The molecule has 17 heavy (non-hydrogen) atoms. The van der Waals surface area contributed by atoms with Gasteiger partial charge in [0.2, 0.25) is 0 Å². The zero-order chi connectivity index (χ0) is 12.3. The Morgan fingerprint density at radius 1 is 1.53 bits per heavy atom. The van der Waals surface area contributed by atoms with Gasteiger partial charge in [0.1, 0.15) is 17.7 Å². The number of nitrogens with zero attached hydrogens (tertiary/aromatic N) is 1. The van der Waals surface area contributed by atoms with Gasteiger partial charge in [0.15, 0.2) is 0 Å². The van der Waals surface area contributed by atoms with Crippen LogP contribution in [0.25, 0.3) is 0 Å². The first kappa shape index (κ1) is 12.3. The van der Waals surface area contributed by atoms with Crippen LogP contribution in [0.1, 0.15) is 12.0 Å². The van der Waals surface area contributed by atoms with Crippen molar-refractivity contribution in [3.63, 3.8) is 0 Å². The second-order valence-electron chi connectivity index (χ2n) is 4.54. The molecule has 1 aliphatic rings. The van der Waals surface area contributed by atoms with Gasteiger partial charge in [-0.15, -0.1) is 0 Å². The summed E-state index contributed by atoms with van der Waals surface area (Å²) < 4.78 is 18.8. The van der Waals surface area contributed by atoms with Crippen LogP contribution in [-0.4, -0.2) is 42.9 Å². The molecule has 1 aromatic carbocycles. The normalized spacial score (nSPS) is 18.2. The molecule has 3 nitrogen and oxygen atoms in total. The lowest BCUT2D eigenvalue weighted by Gasteiger charge is -2.20. The minimum Gasteiger partial charge on any atom is -0.488 e. The molecule has 0 aromatic heterocycles. The Morgan fingerprint density at radius 2 is 2.35 bits per heavy atom. The lowest BCUT2D eigenvalue weighted by Crippen LogP contribution is -2.32. The second-order valence-corrected chi connectivity index (χ2v) is 4.54. The molecule has 0 fully saturated rings. The van der Waals surface area contributed by atoms with Crippen LogP contribution in [0, 0.1) is 5.82 Å². The summed E-state index contributed by atoms with van der Waals surface area (Å²) in [6, 6.07) is 4.66. The Balaban J connectivity index is 1.87. The number of benzene rings is 1. The molecule has 1 unspecified atom stereocenters. The summed E-state index contributed by atoms with van der Waals surface area (Å²) in [7, 11) is 2.00. The quantitative estimate of drug-likeness (QED) is 0.844. The summed E-state index contributed by atoms with van der Waals surface area (Å²) in [5, 5.41) is 8.75.